The Balaban J connectivity index is 1.37. The van der Waals surface area contributed by atoms with E-state index in [-0.39, 0.29) is 23.7 Å². The Morgan fingerprint density at radius 2 is 1.64 bits per heavy atom. The van der Waals surface area contributed by atoms with Crippen molar-refractivity contribution in [3.8, 4) is 0 Å². The van der Waals surface area contributed by atoms with Crippen LogP contribution in [-0.2, 0) is 16.0 Å². The standard InChI is InChI=1S/C23H25FN2O2/c24-19-8-6-17(7-9-19)16-18-12-14-25(15-13-18)23(28)21-10-11-22(27)26(21)20-4-2-1-3-5-20/h1-9,18,21H,10-16H2. The lowest BCUT2D eigenvalue weighted by atomic mass is 9.90. The SMILES string of the molecule is O=C(C1CCC(=O)N1c1ccccc1)N1CCC(Cc2ccc(F)cc2)CC1. The lowest BCUT2D eigenvalue weighted by Gasteiger charge is -2.35. The van der Waals surface area contributed by atoms with E-state index in [9.17, 15) is 14.0 Å². The molecule has 0 aliphatic carbocycles. The van der Waals surface area contributed by atoms with E-state index in [1.54, 1.807) is 4.90 Å². The van der Waals surface area contributed by atoms with Crippen LogP contribution in [0.1, 0.15) is 31.2 Å². The third kappa shape index (κ3) is 3.93. The minimum absolute atomic E-state index is 0.0238. The fourth-order valence-electron chi connectivity index (χ4n) is 4.35. The van der Waals surface area contributed by atoms with Crippen molar-refractivity contribution in [2.75, 3.05) is 18.0 Å². The molecule has 2 aromatic carbocycles. The molecule has 2 heterocycles. The molecule has 2 aromatic rings. The lowest BCUT2D eigenvalue weighted by molar-refractivity contribution is -0.134. The number of carbonyl (C=O) groups excluding carboxylic acids is 2. The van der Waals surface area contributed by atoms with Gasteiger partial charge in [-0.15, -0.1) is 0 Å². The van der Waals surface area contributed by atoms with Gasteiger partial charge in [0.05, 0.1) is 0 Å². The molecule has 0 N–H and O–H groups in total. The van der Waals surface area contributed by atoms with Crippen molar-refractivity contribution in [3.05, 3.63) is 66.0 Å². The fourth-order valence-corrected chi connectivity index (χ4v) is 4.35. The van der Waals surface area contributed by atoms with Gasteiger partial charge in [0.15, 0.2) is 0 Å². The summed E-state index contributed by atoms with van der Waals surface area (Å²) in [5, 5.41) is 0. The van der Waals surface area contributed by atoms with Gasteiger partial charge in [0.25, 0.3) is 0 Å². The third-order valence-electron chi connectivity index (χ3n) is 5.90. The summed E-state index contributed by atoms with van der Waals surface area (Å²) in [7, 11) is 0. The molecule has 0 bridgehead atoms. The van der Waals surface area contributed by atoms with E-state index in [0.29, 0.717) is 18.8 Å². The zero-order valence-electron chi connectivity index (χ0n) is 15.9. The largest absolute Gasteiger partial charge is 0.341 e. The number of rotatable bonds is 4. The minimum Gasteiger partial charge on any atom is -0.341 e. The van der Waals surface area contributed by atoms with E-state index in [1.165, 1.54) is 12.1 Å². The molecule has 0 radical (unpaired) electrons. The number of para-hydroxylation sites is 1. The van der Waals surface area contributed by atoms with Crippen molar-refractivity contribution in [2.24, 2.45) is 5.92 Å². The molecule has 28 heavy (non-hydrogen) atoms. The molecule has 2 aliphatic heterocycles. The van der Waals surface area contributed by atoms with E-state index < -0.39 is 0 Å². The van der Waals surface area contributed by atoms with Crippen molar-refractivity contribution in [1.82, 2.24) is 4.90 Å². The second-order valence-corrected chi connectivity index (χ2v) is 7.75. The quantitative estimate of drug-likeness (QED) is 0.809. The van der Waals surface area contributed by atoms with E-state index >= 15 is 0 Å². The molecule has 146 valence electrons. The molecule has 0 saturated carbocycles. The Kier molecular flexibility index (Phi) is 5.42. The van der Waals surface area contributed by atoms with Crippen LogP contribution in [0.15, 0.2) is 54.6 Å². The van der Waals surface area contributed by atoms with Gasteiger partial charge in [-0.3, -0.25) is 14.5 Å². The van der Waals surface area contributed by atoms with Gasteiger partial charge in [0.2, 0.25) is 11.8 Å². The monoisotopic (exact) mass is 380 g/mol. The van der Waals surface area contributed by atoms with Crippen LogP contribution in [0.5, 0.6) is 0 Å². The predicted octanol–water partition coefficient (Wildman–Crippen LogP) is 3.80. The van der Waals surface area contributed by atoms with Gasteiger partial charge in [-0.2, -0.15) is 0 Å². The van der Waals surface area contributed by atoms with Crippen molar-refractivity contribution in [2.45, 2.75) is 38.1 Å². The molecular weight excluding hydrogens is 355 g/mol. The average Bonchev–Trinajstić information content (AvgIpc) is 3.12. The van der Waals surface area contributed by atoms with E-state index in [0.717, 1.165) is 43.6 Å². The smallest absolute Gasteiger partial charge is 0.245 e. The summed E-state index contributed by atoms with van der Waals surface area (Å²) in [6.07, 6.45) is 3.80. The van der Waals surface area contributed by atoms with Crippen molar-refractivity contribution in [3.63, 3.8) is 0 Å². The number of anilines is 1. The van der Waals surface area contributed by atoms with Crippen LogP contribution in [0.25, 0.3) is 0 Å². The average molecular weight is 380 g/mol. The molecule has 0 spiro atoms. The summed E-state index contributed by atoms with van der Waals surface area (Å²) < 4.78 is 13.1. The molecule has 2 aliphatic rings. The van der Waals surface area contributed by atoms with Gasteiger partial charge >= 0.3 is 0 Å². The highest BCUT2D eigenvalue weighted by Gasteiger charge is 2.39. The topological polar surface area (TPSA) is 40.6 Å². The van der Waals surface area contributed by atoms with E-state index in [1.807, 2.05) is 47.4 Å². The van der Waals surface area contributed by atoms with Crippen LogP contribution >= 0.6 is 0 Å². The molecule has 2 amide bonds. The first-order valence-electron chi connectivity index (χ1n) is 10.0. The first-order valence-corrected chi connectivity index (χ1v) is 10.0. The Labute approximate surface area is 164 Å². The maximum absolute atomic E-state index is 13.1. The summed E-state index contributed by atoms with van der Waals surface area (Å²) in [6.45, 7) is 1.44. The zero-order valence-corrected chi connectivity index (χ0v) is 15.9. The Morgan fingerprint density at radius 3 is 2.32 bits per heavy atom. The number of hydrogen-bond donors (Lipinski definition) is 0. The molecule has 1 unspecified atom stereocenters. The van der Waals surface area contributed by atoms with E-state index in [4.69, 9.17) is 0 Å². The number of halogens is 1. The van der Waals surface area contributed by atoms with Gasteiger partial charge in [-0.05, 0) is 61.4 Å². The highest BCUT2D eigenvalue weighted by molar-refractivity contribution is 6.03. The van der Waals surface area contributed by atoms with Crippen LogP contribution in [0, 0.1) is 11.7 Å². The third-order valence-corrected chi connectivity index (χ3v) is 5.90. The molecule has 2 fully saturated rings. The Hall–Kier alpha value is -2.69. The summed E-state index contributed by atoms with van der Waals surface area (Å²) in [6, 6.07) is 15.8. The number of amides is 2. The highest BCUT2D eigenvalue weighted by atomic mass is 19.1. The number of hydrogen-bond acceptors (Lipinski definition) is 2. The molecule has 5 heteroatoms. The zero-order chi connectivity index (χ0) is 19.5. The van der Waals surface area contributed by atoms with Crippen LogP contribution in [-0.4, -0.2) is 35.8 Å². The molecule has 4 rings (SSSR count). The summed E-state index contributed by atoms with van der Waals surface area (Å²) >= 11 is 0. The summed E-state index contributed by atoms with van der Waals surface area (Å²) in [5.41, 5.74) is 1.94. The normalized spacial score (nSPS) is 20.6. The first-order chi connectivity index (χ1) is 13.6. The van der Waals surface area contributed by atoms with Crippen LogP contribution < -0.4 is 4.90 Å². The highest BCUT2D eigenvalue weighted by Crippen LogP contribution is 2.29. The number of likely N-dealkylation sites (tertiary alicyclic amines) is 1. The molecule has 0 aromatic heterocycles. The Bertz CT molecular complexity index is 829. The van der Waals surface area contributed by atoms with Crippen molar-refractivity contribution >= 4 is 17.5 Å². The fraction of sp³-hybridized carbons (Fsp3) is 0.391. The van der Waals surface area contributed by atoms with Gasteiger partial charge in [-0.1, -0.05) is 30.3 Å². The van der Waals surface area contributed by atoms with E-state index in [2.05, 4.69) is 0 Å². The number of benzene rings is 2. The number of piperidine rings is 1. The van der Waals surface area contributed by atoms with Crippen LogP contribution in [0.3, 0.4) is 0 Å². The predicted molar refractivity (Wildman–Crippen MR) is 106 cm³/mol. The van der Waals surface area contributed by atoms with Crippen molar-refractivity contribution in [1.29, 1.82) is 0 Å². The van der Waals surface area contributed by atoms with Crippen LogP contribution in [0.2, 0.25) is 0 Å². The first kappa shape index (κ1) is 18.7. The van der Waals surface area contributed by atoms with Crippen LogP contribution in [0.4, 0.5) is 10.1 Å². The maximum atomic E-state index is 13.1. The Morgan fingerprint density at radius 1 is 0.964 bits per heavy atom. The second kappa shape index (κ2) is 8.13. The number of carbonyl (C=O) groups is 2. The molecule has 1 atom stereocenters. The van der Waals surface area contributed by atoms with Gasteiger partial charge in [0, 0.05) is 25.2 Å². The lowest BCUT2D eigenvalue weighted by Crippen LogP contribution is -2.49. The van der Waals surface area contributed by atoms with Gasteiger partial charge in [0.1, 0.15) is 11.9 Å². The number of nitrogens with zero attached hydrogens (tertiary/aromatic N) is 2. The summed E-state index contributed by atoms with van der Waals surface area (Å²) in [4.78, 5) is 29.1. The van der Waals surface area contributed by atoms with Crippen molar-refractivity contribution < 1.29 is 14.0 Å². The summed E-state index contributed by atoms with van der Waals surface area (Å²) in [5.74, 6) is 0.383. The second-order valence-electron chi connectivity index (χ2n) is 7.75. The maximum Gasteiger partial charge on any atom is 0.245 e. The molecule has 4 nitrogen and oxygen atoms in total. The molecular formula is C23H25FN2O2. The van der Waals surface area contributed by atoms with Gasteiger partial charge in [-0.25, -0.2) is 4.39 Å². The van der Waals surface area contributed by atoms with Gasteiger partial charge < -0.3 is 4.90 Å². The minimum atomic E-state index is -0.386. The molecule has 2 saturated heterocycles.